The number of nitrogens with zero attached hydrogens (tertiary/aromatic N) is 1. The molecule has 0 amide bonds. The molecule has 4 atom stereocenters. The zero-order valence-electron chi connectivity index (χ0n) is 18.7. The van der Waals surface area contributed by atoms with Gasteiger partial charge in [-0.25, -0.2) is 0 Å². The van der Waals surface area contributed by atoms with E-state index in [2.05, 4.69) is 83.8 Å². The van der Waals surface area contributed by atoms with E-state index in [-0.39, 0.29) is 23.4 Å². The van der Waals surface area contributed by atoms with E-state index < -0.39 is 13.0 Å². The second-order valence-corrected chi connectivity index (χ2v) is 11.9. The molecule has 2 N–H and O–H groups in total. The maximum atomic E-state index is 12.6. The predicted octanol–water partition coefficient (Wildman–Crippen LogP) is 5.16. The summed E-state index contributed by atoms with van der Waals surface area (Å²) in [6.45, 7) is 2.40. The lowest BCUT2D eigenvalue weighted by Gasteiger charge is -2.61. The molecule has 2 fully saturated rings. The Kier molecular flexibility index (Phi) is 4.94. The van der Waals surface area contributed by atoms with Gasteiger partial charge in [0.1, 0.15) is 0 Å². The zero-order valence-corrected chi connectivity index (χ0v) is 19.6. The summed E-state index contributed by atoms with van der Waals surface area (Å²) in [7, 11) is -4.21. The maximum Gasteiger partial charge on any atom is 0.326 e. The summed E-state index contributed by atoms with van der Waals surface area (Å²) in [5, 5.41) is 0. The quantitative estimate of drug-likeness (QED) is 0.518. The average molecular weight is 460 g/mol. The first kappa shape index (κ1) is 21.3. The Hall–Kier alpha value is -2.23. The Labute approximate surface area is 195 Å². The van der Waals surface area contributed by atoms with Crippen LogP contribution in [0.5, 0.6) is 0 Å². The normalized spacial score (nSPS) is 30.7. The van der Waals surface area contributed by atoms with Gasteiger partial charge in [-0.3, -0.25) is 9.46 Å². The molecule has 1 aliphatic heterocycles. The van der Waals surface area contributed by atoms with E-state index >= 15 is 0 Å². The first-order chi connectivity index (χ1) is 15.9. The summed E-state index contributed by atoms with van der Waals surface area (Å²) in [5.74, 6) is 0.343. The fourth-order valence-corrected chi connectivity index (χ4v) is 9.02. The van der Waals surface area contributed by atoms with Crippen LogP contribution in [0.25, 0.3) is 0 Å². The van der Waals surface area contributed by atoms with Gasteiger partial charge >= 0.3 is 7.60 Å². The highest BCUT2D eigenvalue weighted by Gasteiger charge is 2.67. The number of likely N-dealkylation sites (tertiary alicyclic amines) is 1. The Morgan fingerprint density at radius 3 is 2.30 bits per heavy atom. The molecule has 1 saturated heterocycles. The fourth-order valence-electron chi connectivity index (χ4n) is 7.71. The van der Waals surface area contributed by atoms with E-state index in [0.29, 0.717) is 0 Å². The van der Waals surface area contributed by atoms with Crippen molar-refractivity contribution < 1.29 is 14.4 Å². The standard InChI is InChI=1S/C28H30NO3P/c30-33(31,32)20-27-19-29(17-21-9-3-1-4-10-21)18-26(27)28(22-11-5-2-6-12-22)16-15-24(27)23-13-7-8-14-25(23)28/h1-14,24,26H,15-20H2,(H2,30,31,32). The summed E-state index contributed by atoms with van der Waals surface area (Å²) >= 11 is 0. The van der Waals surface area contributed by atoms with Crippen LogP contribution >= 0.6 is 7.60 Å². The maximum absolute atomic E-state index is 12.6. The third kappa shape index (κ3) is 3.27. The lowest BCUT2D eigenvalue weighted by molar-refractivity contribution is 0.0493. The molecule has 3 aromatic carbocycles. The Morgan fingerprint density at radius 1 is 0.909 bits per heavy atom. The van der Waals surface area contributed by atoms with Crippen LogP contribution in [0.15, 0.2) is 84.9 Å². The highest BCUT2D eigenvalue weighted by molar-refractivity contribution is 7.51. The molecule has 1 heterocycles. The van der Waals surface area contributed by atoms with E-state index in [0.717, 1.165) is 32.5 Å². The molecule has 0 spiro atoms. The molecule has 0 radical (unpaired) electrons. The van der Waals surface area contributed by atoms with Gasteiger partial charge in [-0.15, -0.1) is 0 Å². The topological polar surface area (TPSA) is 60.8 Å². The first-order valence-electron chi connectivity index (χ1n) is 11.9. The van der Waals surface area contributed by atoms with Crippen molar-refractivity contribution in [3.8, 4) is 0 Å². The van der Waals surface area contributed by atoms with Crippen molar-refractivity contribution in [1.82, 2.24) is 4.90 Å². The largest absolute Gasteiger partial charge is 0.326 e. The van der Waals surface area contributed by atoms with Crippen LogP contribution < -0.4 is 0 Å². The molecule has 4 nitrogen and oxygen atoms in total. The van der Waals surface area contributed by atoms with E-state index in [1.54, 1.807) is 0 Å². The number of hydrogen-bond donors (Lipinski definition) is 2. The molecular formula is C28H30NO3P. The van der Waals surface area contributed by atoms with Crippen molar-refractivity contribution in [3.05, 3.63) is 107 Å². The molecule has 2 bridgehead atoms. The fraction of sp³-hybridized carbons (Fsp3) is 0.357. The Bertz CT molecular complexity index is 1210. The molecule has 7 rings (SSSR count). The molecule has 4 aliphatic rings. The molecule has 0 aromatic heterocycles. The van der Waals surface area contributed by atoms with Gasteiger partial charge in [0.05, 0.1) is 6.16 Å². The van der Waals surface area contributed by atoms with Gasteiger partial charge in [-0.05, 0) is 46.9 Å². The second kappa shape index (κ2) is 7.65. The zero-order chi connectivity index (χ0) is 22.7. The van der Waals surface area contributed by atoms with Crippen LogP contribution in [0.2, 0.25) is 0 Å². The SMILES string of the molecule is O=P(O)(O)CC12CN(Cc3ccccc3)CC1C1(c3ccccc3)CCC2c2ccccc21. The van der Waals surface area contributed by atoms with E-state index in [4.69, 9.17) is 0 Å². The van der Waals surface area contributed by atoms with Gasteiger partial charge in [-0.1, -0.05) is 84.9 Å². The van der Waals surface area contributed by atoms with Gasteiger partial charge in [0.25, 0.3) is 0 Å². The monoisotopic (exact) mass is 459 g/mol. The first-order valence-corrected chi connectivity index (χ1v) is 13.7. The Balaban J connectivity index is 1.54. The van der Waals surface area contributed by atoms with Gasteiger partial charge in [0.2, 0.25) is 0 Å². The van der Waals surface area contributed by atoms with E-state index in [9.17, 15) is 14.4 Å². The molecule has 1 saturated carbocycles. The van der Waals surface area contributed by atoms with Crippen molar-refractivity contribution in [1.29, 1.82) is 0 Å². The molecule has 3 aliphatic carbocycles. The number of hydrogen-bond acceptors (Lipinski definition) is 2. The van der Waals surface area contributed by atoms with E-state index in [1.807, 2.05) is 6.07 Å². The number of rotatable bonds is 5. The van der Waals surface area contributed by atoms with Crippen molar-refractivity contribution in [3.63, 3.8) is 0 Å². The summed E-state index contributed by atoms with van der Waals surface area (Å²) in [6, 6.07) is 29.9. The Morgan fingerprint density at radius 2 is 1.58 bits per heavy atom. The van der Waals surface area contributed by atoms with Gasteiger partial charge in [0.15, 0.2) is 0 Å². The highest BCUT2D eigenvalue weighted by atomic mass is 31.2. The summed E-state index contributed by atoms with van der Waals surface area (Å²) < 4.78 is 12.6. The summed E-state index contributed by atoms with van der Waals surface area (Å²) in [6.07, 6.45) is 1.97. The lowest BCUT2D eigenvalue weighted by Crippen LogP contribution is -2.58. The van der Waals surface area contributed by atoms with Gasteiger partial charge in [0, 0.05) is 30.5 Å². The molecule has 33 heavy (non-hydrogen) atoms. The summed E-state index contributed by atoms with van der Waals surface area (Å²) in [4.78, 5) is 23.1. The lowest BCUT2D eigenvalue weighted by atomic mass is 9.42. The van der Waals surface area contributed by atoms with Crippen LogP contribution in [0.4, 0.5) is 0 Å². The molecule has 3 aromatic rings. The van der Waals surface area contributed by atoms with Crippen molar-refractivity contribution >= 4 is 7.60 Å². The van der Waals surface area contributed by atoms with Crippen LogP contribution in [0, 0.1) is 11.3 Å². The minimum absolute atomic E-state index is 0.0382. The third-order valence-electron chi connectivity index (χ3n) is 8.62. The molecule has 5 heteroatoms. The summed E-state index contributed by atoms with van der Waals surface area (Å²) in [5.41, 5.74) is 4.57. The van der Waals surface area contributed by atoms with Crippen molar-refractivity contribution in [2.24, 2.45) is 11.3 Å². The van der Waals surface area contributed by atoms with Crippen molar-refractivity contribution in [2.45, 2.75) is 30.7 Å². The van der Waals surface area contributed by atoms with Crippen LogP contribution in [-0.4, -0.2) is 33.9 Å². The van der Waals surface area contributed by atoms with Crippen molar-refractivity contribution in [2.75, 3.05) is 19.3 Å². The molecular weight excluding hydrogens is 429 g/mol. The second-order valence-electron chi connectivity index (χ2n) is 10.3. The van der Waals surface area contributed by atoms with Gasteiger partial charge < -0.3 is 9.79 Å². The average Bonchev–Trinajstić information content (AvgIpc) is 3.19. The molecule has 4 unspecified atom stereocenters. The number of benzene rings is 3. The third-order valence-corrected chi connectivity index (χ3v) is 9.62. The highest BCUT2D eigenvalue weighted by Crippen LogP contribution is 2.71. The number of fused-ring (bicyclic) bond motifs is 1. The molecule has 170 valence electrons. The predicted molar refractivity (Wildman–Crippen MR) is 130 cm³/mol. The smallest absolute Gasteiger partial charge is 0.324 e. The van der Waals surface area contributed by atoms with Crippen LogP contribution in [0.1, 0.15) is 41.0 Å². The van der Waals surface area contributed by atoms with Crippen LogP contribution in [0.3, 0.4) is 0 Å². The minimum atomic E-state index is -4.21. The van der Waals surface area contributed by atoms with E-state index in [1.165, 1.54) is 22.3 Å². The van der Waals surface area contributed by atoms with Crippen LogP contribution in [-0.2, 0) is 16.5 Å². The minimum Gasteiger partial charge on any atom is -0.324 e. The van der Waals surface area contributed by atoms with Gasteiger partial charge in [-0.2, -0.15) is 0 Å².